The minimum Gasteiger partial charge on any atom is -0.474 e. The molecule has 1 aromatic carbocycles. The number of nitrogens with zero attached hydrogens (tertiary/aromatic N) is 2. The van der Waals surface area contributed by atoms with E-state index < -0.39 is 0 Å². The third kappa shape index (κ3) is 5.25. The van der Waals surface area contributed by atoms with Crippen LogP contribution in [0.3, 0.4) is 0 Å². The minimum absolute atomic E-state index is 0.0254. The van der Waals surface area contributed by atoms with Crippen molar-refractivity contribution in [1.29, 1.82) is 0 Å². The molecule has 29 heavy (non-hydrogen) atoms. The molecule has 3 amide bonds. The predicted octanol–water partition coefficient (Wildman–Crippen LogP) is 3.81. The van der Waals surface area contributed by atoms with E-state index in [9.17, 15) is 9.59 Å². The zero-order valence-electron chi connectivity index (χ0n) is 16.6. The third-order valence-electron chi connectivity index (χ3n) is 5.24. The quantitative estimate of drug-likeness (QED) is 0.808. The van der Waals surface area contributed by atoms with Gasteiger partial charge in [-0.25, -0.2) is 9.78 Å². The number of nitrogens with one attached hydrogen (secondary N) is 2. The van der Waals surface area contributed by atoms with Crippen LogP contribution in [-0.2, 0) is 4.79 Å². The van der Waals surface area contributed by atoms with Gasteiger partial charge >= 0.3 is 6.03 Å². The van der Waals surface area contributed by atoms with E-state index in [4.69, 9.17) is 4.74 Å². The molecule has 1 saturated carbocycles. The van der Waals surface area contributed by atoms with Gasteiger partial charge in [-0.2, -0.15) is 0 Å². The molecule has 4 rings (SSSR count). The first-order valence-corrected chi connectivity index (χ1v) is 10.1. The molecule has 0 radical (unpaired) electrons. The normalized spacial score (nSPS) is 16.9. The lowest BCUT2D eigenvalue weighted by Crippen LogP contribution is -2.43. The molecular weight excluding hydrogens is 368 g/mol. The molecule has 7 heteroatoms. The van der Waals surface area contributed by atoms with Crippen LogP contribution in [0.5, 0.6) is 5.88 Å². The number of anilines is 2. The minimum atomic E-state index is -0.0806. The smallest absolute Gasteiger partial charge is 0.321 e. The summed E-state index contributed by atoms with van der Waals surface area (Å²) >= 11 is 0. The molecule has 2 aromatic rings. The van der Waals surface area contributed by atoms with Gasteiger partial charge in [-0.05, 0) is 43.5 Å². The van der Waals surface area contributed by atoms with E-state index in [1.165, 1.54) is 0 Å². The first-order chi connectivity index (χ1) is 14.1. The van der Waals surface area contributed by atoms with E-state index in [0.29, 0.717) is 24.7 Å². The Labute approximate surface area is 170 Å². The summed E-state index contributed by atoms with van der Waals surface area (Å²) in [6, 6.07) is 11.3. The summed E-state index contributed by atoms with van der Waals surface area (Å²) in [5.74, 6) is 0.771. The van der Waals surface area contributed by atoms with Crippen LogP contribution in [-0.4, -0.2) is 41.0 Å². The van der Waals surface area contributed by atoms with Crippen LogP contribution in [0, 0.1) is 12.8 Å². The topological polar surface area (TPSA) is 83.6 Å². The average molecular weight is 394 g/mol. The molecule has 2 heterocycles. The van der Waals surface area contributed by atoms with Gasteiger partial charge in [0.15, 0.2) is 0 Å². The zero-order chi connectivity index (χ0) is 20.2. The highest BCUT2D eigenvalue weighted by Gasteiger charge is 2.29. The van der Waals surface area contributed by atoms with Crippen molar-refractivity contribution in [2.75, 3.05) is 23.7 Å². The molecule has 0 unspecified atom stereocenters. The Morgan fingerprint density at radius 3 is 2.48 bits per heavy atom. The van der Waals surface area contributed by atoms with Crippen LogP contribution >= 0.6 is 0 Å². The Bertz CT molecular complexity index is 872. The number of amides is 3. The van der Waals surface area contributed by atoms with E-state index in [1.807, 2.05) is 42.2 Å². The second-order valence-electron chi connectivity index (χ2n) is 7.75. The number of hydrogen-bond acceptors (Lipinski definition) is 4. The van der Waals surface area contributed by atoms with Crippen molar-refractivity contribution in [3.8, 4) is 5.88 Å². The maximum Gasteiger partial charge on any atom is 0.321 e. The molecule has 7 nitrogen and oxygen atoms in total. The number of carbonyl (C=O) groups is 2. The van der Waals surface area contributed by atoms with E-state index in [1.54, 1.807) is 12.3 Å². The Morgan fingerprint density at radius 1 is 1.03 bits per heavy atom. The molecule has 1 aliphatic heterocycles. The lowest BCUT2D eigenvalue weighted by atomic mass is 10.1. The predicted molar refractivity (Wildman–Crippen MR) is 111 cm³/mol. The van der Waals surface area contributed by atoms with E-state index in [-0.39, 0.29) is 24.0 Å². The highest BCUT2D eigenvalue weighted by Crippen LogP contribution is 2.30. The lowest BCUT2D eigenvalue weighted by molar-refractivity contribution is -0.117. The summed E-state index contributed by atoms with van der Waals surface area (Å²) in [4.78, 5) is 30.3. The van der Waals surface area contributed by atoms with Crippen LogP contribution in [0.25, 0.3) is 0 Å². The molecule has 2 aliphatic rings. The van der Waals surface area contributed by atoms with Gasteiger partial charge < -0.3 is 20.3 Å². The maximum absolute atomic E-state index is 12.4. The molecule has 0 atom stereocenters. The molecule has 0 spiro atoms. The number of piperidine rings is 1. The molecule has 1 aromatic heterocycles. The van der Waals surface area contributed by atoms with Crippen molar-refractivity contribution < 1.29 is 14.3 Å². The fourth-order valence-corrected chi connectivity index (χ4v) is 3.39. The first kappa shape index (κ1) is 19.2. The standard InChI is InChI=1S/C22H26N4O3/c1-15-3-2-4-17(13-15)25-22(28)26-11-9-19(10-12-26)29-20-8-7-18(14-23-20)24-21(27)16-5-6-16/h2-4,7-8,13-14,16,19H,5-6,9-12H2,1H3,(H,24,27)(H,25,28). The van der Waals surface area contributed by atoms with Gasteiger partial charge in [-0.1, -0.05) is 12.1 Å². The Kier molecular flexibility index (Phi) is 5.64. The molecule has 2 N–H and O–H groups in total. The van der Waals surface area contributed by atoms with Crippen LogP contribution in [0.1, 0.15) is 31.2 Å². The summed E-state index contributed by atoms with van der Waals surface area (Å²) in [6.45, 7) is 3.27. The SMILES string of the molecule is Cc1cccc(NC(=O)N2CCC(Oc3ccc(NC(=O)C4CC4)cn3)CC2)c1. The fourth-order valence-electron chi connectivity index (χ4n) is 3.39. The molecule has 0 bridgehead atoms. The number of likely N-dealkylation sites (tertiary alicyclic amines) is 1. The maximum atomic E-state index is 12.4. The van der Waals surface area contributed by atoms with Crippen LogP contribution in [0.2, 0.25) is 0 Å². The van der Waals surface area contributed by atoms with Gasteiger partial charge in [0.25, 0.3) is 0 Å². The van der Waals surface area contributed by atoms with Gasteiger partial charge in [-0.3, -0.25) is 4.79 Å². The number of carbonyl (C=O) groups excluding carboxylic acids is 2. The average Bonchev–Trinajstić information content (AvgIpc) is 3.55. The number of ether oxygens (including phenoxy) is 1. The number of aromatic nitrogens is 1. The largest absolute Gasteiger partial charge is 0.474 e. The summed E-state index contributed by atoms with van der Waals surface area (Å²) in [7, 11) is 0. The van der Waals surface area contributed by atoms with Crippen LogP contribution in [0.15, 0.2) is 42.6 Å². The lowest BCUT2D eigenvalue weighted by Gasteiger charge is -2.32. The number of benzene rings is 1. The summed E-state index contributed by atoms with van der Waals surface area (Å²) in [5.41, 5.74) is 2.61. The van der Waals surface area contributed by atoms with E-state index >= 15 is 0 Å². The Hall–Kier alpha value is -3.09. The monoisotopic (exact) mass is 394 g/mol. The first-order valence-electron chi connectivity index (χ1n) is 10.1. The zero-order valence-corrected chi connectivity index (χ0v) is 16.6. The van der Waals surface area contributed by atoms with Gasteiger partial charge in [0.05, 0.1) is 11.9 Å². The molecule has 2 fully saturated rings. The summed E-state index contributed by atoms with van der Waals surface area (Å²) in [6.07, 6.45) is 5.11. The van der Waals surface area contributed by atoms with Crippen molar-refractivity contribution in [2.45, 2.75) is 38.7 Å². The summed E-state index contributed by atoms with van der Waals surface area (Å²) in [5, 5.41) is 5.82. The highest BCUT2D eigenvalue weighted by molar-refractivity contribution is 5.93. The number of hydrogen-bond donors (Lipinski definition) is 2. The van der Waals surface area contributed by atoms with Crippen molar-refractivity contribution in [2.24, 2.45) is 5.92 Å². The number of rotatable bonds is 5. The Morgan fingerprint density at radius 2 is 1.83 bits per heavy atom. The second-order valence-corrected chi connectivity index (χ2v) is 7.75. The van der Waals surface area contributed by atoms with E-state index in [2.05, 4.69) is 15.6 Å². The number of pyridine rings is 1. The second kappa shape index (κ2) is 8.51. The molecular formula is C22H26N4O3. The number of aryl methyl sites for hydroxylation is 1. The van der Waals surface area contributed by atoms with Crippen LogP contribution in [0.4, 0.5) is 16.2 Å². The molecule has 1 saturated heterocycles. The van der Waals surface area contributed by atoms with Gasteiger partial charge in [0, 0.05) is 43.6 Å². The molecule has 1 aliphatic carbocycles. The molecule has 152 valence electrons. The fraction of sp³-hybridized carbons (Fsp3) is 0.409. The Balaban J connectivity index is 1.23. The van der Waals surface area contributed by atoms with Gasteiger partial charge in [0.1, 0.15) is 6.10 Å². The van der Waals surface area contributed by atoms with Crippen molar-refractivity contribution in [3.05, 3.63) is 48.2 Å². The van der Waals surface area contributed by atoms with Crippen molar-refractivity contribution in [3.63, 3.8) is 0 Å². The van der Waals surface area contributed by atoms with E-state index in [0.717, 1.165) is 36.9 Å². The van der Waals surface area contributed by atoms with Crippen molar-refractivity contribution in [1.82, 2.24) is 9.88 Å². The highest BCUT2D eigenvalue weighted by atomic mass is 16.5. The van der Waals surface area contributed by atoms with Crippen molar-refractivity contribution >= 4 is 23.3 Å². The van der Waals surface area contributed by atoms with Crippen LogP contribution < -0.4 is 15.4 Å². The van der Waals surface area contributed by atoms with Gasteiger partial charge in [0.2, 0.25) is 11.8 Å². The third-order valence-corrected chi connectivity index (χ3v) is 5.24. The summed E-state index contributed by atoms with van der Waals surface area (Å²) < 4.78 is 5.95. The van der Waals surface area contributed by atoms with Gasteiger partial charge in [-0.15, -0.1) is 0 Å². The number of urea groups is 1.